The van der Waals surface area contributed by atoms with Crippen molar-refractivity contribution < 1.29 is 78.7 Å². The zero-order valence-electron chi connectivity index (χ0n) is 36.7. The summed E-state index contributed by atoms with van der Waals surface area (Å²) in [5, 5.41) is 85.9. The summed E-state index contributed by atoms with van der Waals surface area (Å²) in [5.41, 5.74) is 0.350. The first-order chi connectivity index (χ1) is 28.9. The molecule has 9 aliphatic rings. The predicted molar refractivity (Wildman–Crippen MR) is 213 cm³/mol. The van der Waals surface area contributed by atoms with E-state index in [1.165, 1.54) is 26.7 Å². The van der Waals surface area contributed by atoms with E-state index in [0.717, 1.165) is 58.0 Å². The van der Waals surface area contributed by atoms with Crippen molar-refractivity contribution in [3.63, 3.8) is 0 Å². The Morgan fingerprint density at radius 2 is 1.23 bits per heavy atom. The summed E-state index contributed by atoms with van der Waals surface area (Å²) in [4.78, 5) is 0. The number of aliphatic hydroxyl groups is 8. The molecule has 0 radical (unpaired) electrons. The molecular weight excluding hydrogens is 796 g/mol. The van der Waals surface area contributed by atoms with Crippen molar-refractivity contribution in [2.45, 2.75) is 216 Å². The van der Waals surface area contributed by atoms with Crippen molar-refractivity contribution in [2.24, 2.45) is 52.3 Å². The molecule has 8 N–H and O–H groups in total. The van der Waals surface area contributed by atoms with Gasteiger partial charge < -0.3 is 78.7 Å². The van der Waals surface area contributed by atoms with Gasteiger partial charge in [-0.3, -0.25) is 0 Å². The molecule has 0 unspecified atom stereocenters. The molecule has 0 aromatic carbocycles. The fourth-order valence-corrected chi connectivity index (χ4v) is 14.6. The maximum absolute atomic E-state index is 12.0. The smallest absolute Gasteiger partial charge is 0.187 e. The zero-order valence-corrected chi connectivity index (χ0v) is 36.7. The topological polar surface area (TPSA) is 236 Å². The normalized spacial score (nSPS) is 59.7. The van der Waals surface area contributed by atoms with Crippen molar-refractivity contribution in [3.8, 4) is 0 Å². The van der Waals surface area contributed by atoms with E-state index in [9.17, 15) is 40.9 Å². The largest absolute Gasteiger partial charge is 0.394 e. The molecule has 16 heteroatoms. The minimum absolute atomic E-state index is 0.122. The third kappa shape index (κ3) is 7.50. The van der Waals surface area contributed by atoms with Crippen LogP contribution in [0.1, 0.15) is 106 Å². The molecule has 4 saturated carbocycles. The number of hydrogen-bond acceptors (Lipinski definition) is 16. The molecule has 0 bridgehead atoms. The summed E-state index contributed by atoms with van der Waals surface area (Å²) in [6, 6.07) is 0. The number of fused-ring (bicyclic) bond motifs is 7. The van der Waals surface area contributed by atoms with Crippen LogP contribution in [0, 0.1) is 52.3 Å². The van der Waals surface area contributed by atoms with Gasteiger partial charge in [-0.15, -0.1) is 0 Å². The van der Waals surface area contributed by atoms with Crippen molar-refractivity contribution in [2.75, 3.05) is 13.2 Å². The third-order valence-electron chi connectivity index (χ3n) is 18.2. The van der Waals surface area contributed by atoms with Crippen LogP contribution in [0.25, 0.3) is 0 Å². The van der Waals surface area contributed by atoms with E-state index in [-0.39, 0.29) is 23.0 Å². The van der Waals surface area contributed by atoms with Crippen LogP contribution in [0.4, 0.5) is 0 Å². The highest BCUT2D eigenvalue weighted by molar-refractivity contribution is 5.15. The molecule has 5 saturated heterocycles. The minimum atomic E-state index is -1.70. The SMILES string of the molecule is C[C@@H]1CC[C@@]2(OC1)O[C@H]1C[C@H]3[C@@H]4CC[C@H]5C[C@@H](O[C@@H]6O[C@H](CO)[C@@H](O[C@@H]7O[C@H](C)[C@@H](O)[C@H](O)[C@@H]7O)[C@H](O)[C@H]6O[C@@H]6O[C@@H](C)[C@H](O)[C@@H](O)[C@H]6O)CC[C@]5(C)[C@@H]4CC[C@]3(C)[C@H]1[C@@H]2C. The molecule has 9 fully saturated rings. The van der Waals surface area contributed by atoms with Gasteiger partial charge in [-0.2, -0.15) is 0 Å². The summed E-state index contributed by atoms with van der Waals surface area (Å²) >= 11 is 0. The molecule has 1 spiro atoms. The molecule has 4 aliphatic carbocycles. The summed E-state index contributed by atoms with van der Waals surface area (Å²) in [7, 11) is 0. The van der Waals surface area contributed by atoms with Crippen molar-refractivity contribution >= 4 is 0 Å². The summed E-state index contributed by atoms with van der Waals surface area (Å²) < 4.78 is 50.3. The average Bonchev–Trinajstić information content (AvgIpc) is 3.69. The number of rotatable bonds is 7. The summed E-state index contributed by atoms with van der Waals surface area (Å²) in [6.07, 6.45) is -11.0. The van der Waals surface area contributed by atoms with Gasteiger partial charge in [-0.05, 0) is 118 Å². The van der Waals surface area contributed by atoms with Gasteiger partial charge in [0.05, 0.1) is 37.6 Å². The van der Waals surface area contributed by atoms with E-state index in [2.05, 4.69) is 27.7 Å². The quantitative estimate of drug-likeness (QED) is 0.169. The second kappa shape index (κ2) is 16.9. The van der Waals surface area contributed by atoms with Crippen LogP contribution < -0.4 is 0 Å². The Morgan fingerprint density at radius 3 is 1.85 bits per heavy atom. The Hall–Kier alpha value is -0.640. The van der Waals surface area contributed by atoms with E-state index < -0.39 is 105 Å². The summed E-state index contributed by atoms with van der Waals surface area (Å²) in [5.74, 6) is 3.27. The number of hydrogen-bond donors (Lipinski definition) is 8. The van der Waals surface area contributed by atoms with Gasteiger partial charge in [0.1, 0.15) is 61.0 Å². The molecule has 0 aromatic heterocycles. The van der Waals surface area contributed by atoms with E-state index in [1.54, 1.807) is 0 Å². The number of ether oxygens (including phenoxy) is 8. The molecule has 0 amide bonds. The summed E-state index contributed by atoms with van der Waals surface area (Å²) in [6.45, 7) is 12.9. The second-order valence-electron chi connectivity index (χ2n) is 21.5. The Bertz CT molecular complexity index is 1530. The van der Waals surface area contributed by atoms with Gasteiger partial charge in [-0.1, -0.05) is 27.7 Å². The van der Waals surface area contributed by atoms with Gasteiger partial charge in [0.2, 0.25) is 0 Å². The number of aliphatic hydroxyl groups excluding tert-OH is 8. The Kier molecular flexibility index (Phi) is 12.6. The average molecular weight is 871 g/mol. The van der Waals surface area contributed by atoms with Crippen LogP contribution in [0.2, 0.25) is 0 Å². The first-order valence-electron chi connectivity index (χ1n) is 23.5. The fourth-order valence-electron chi connectivity index (χ4n) is 14.6. The first-order valence-corrected chi connectivity index (χ1v) is 23.5. The van der Waals surface area contributed by atoms with Gasteiger partial charge >= 0.3 is 0 Å². The van der Waals surface area contributed by atoms with Crippen LogP contribution in [-0.4, -0.2) is 164 Å². The third-order valence-corrected chi connectivity index (χ3v) is 18.2. The van der Waals surface area contributed by atoms with E-state index in [0.29, 0.717) is 41.4 Å². The molecule has 16 nitrogen and oxygen atoms in total. The molecule has 0 aromatic rings. The highest BCUT2D eigenvalue weighted by Gasteiger charge is 2.69. The second-order valence-corrected chi connectivity index (χ2v) is 21.5. The molecule has 61 heavy (non-hydrogen) atoms. The van der Waals surface area contributed by atoms with E-state index in [1.807, 2.05) is 0 Å². The van der Waals surface area contributed by atoms with Gasteiger partial charge in [-0.25, -0.2) is 0 Å². The van der Waals surface area contributed by atoms with Gasteiger partial charge in [0, 0.05) is 12.3 Å². The van der Waals surface area contributed by atoms with Crippen molar-refractivity contribution in [1.29, 1.82) is 0 Å². The lowest BCUT2D eigenvalue weighted by molar-refractivity contribution is -0.389. The Morgan fingerprint density at radius 1 is 0.590 bits per heavy atom. The van der Waals surface area contributed by atoms with Crippen molar-refractivity contribution in [1.82, 2.24) is 0 Å². The van der Waals surface area contributed by atoms with Crippen LogP contribution in [0.5, 0.6) is 0 Å². The predicted octanol–water partition coefficient (Wildman–Crippen LogP) is 1.32. The molecular formula is C45H74O16. The Labute approximate surface area is 359 Å². The molecule has 9 rings (SSSR count). The molecule has 350 valence electrons. The highest BCUT2D eigenvalue weighted by atomic mass is 16.8. The Balaban J connectivity index is 0.897. The zero-order chi connectivity index (χ0) is 43.5. The van der Waals surface area contributed by atoms with E-state index in [4.69, 9.17) is 37.9 Å². The van der Waals surface area contributed by atoms with Crippen LogP contribution >= 0.6 is 0 Å². The van der Waals surface area contributed by atoms with Crippen LogP contribution in [-0.2, 0) is 37.9 Å². The van der Waals surface area contributed by atoms with Gasteiger partial charge in [0.15, 0.2) is 24.7 Å². The van der Waals surface area contributed by atoms with Crippen LogP contribution in [0.15, 0.2) is 0 Å². The highest BCUT2D eigenvalue weighted by Crippen LogP contribution is 2.71. The molecule has 27 atom stereocenters. The monoisotopic (exact) mass is 870 g/mol. The lowest BCUT2D eigenvalue weighted by Gasteiger charge is -2.61. The maximum atomic E-state index is 12.0. The van der Waals surface area contributed by atoms with Crippen molar-refractivity contribution in [3.05, 3.63) is 0 Å². The standard InChI is InChI=1S/C45H74O16/c1-19-9-14-45(54-18-19)20(2)30-28(61-45)16-27-25-8-7-23-15-24(10-12-43(23,5)26(25)11-13-44(27,30)6)57-42-39(60-41-36(52)34(50)32(48)22(4)56-41)37(53)38(29(17-46)58-42)59-40-35(51)33(49)31(47)21(3)55-40/h19-42,46-53H,7-18H2,1-6H3/t19-,20+,21-,22+,23+,24+,25-,26-,27+,28+,29-,30+,31-,32+,33+,34-,35+,36-,37+,38-,39-,40+,41+,42-,43+,44+,45-/m1/s1. The minimum Gasteiger partial charge on any atom is -0.394 e. The van der Waals surface area contributed by atoms with Gasteiger partial charge in [0.25, 0.3) is 0 Å². The molecule has 5 heterocycles. The van der Waals surface area contributed by atoms with Crippen LogP contribution in [0.3, 0.4) is 0 Å². The van der Waals surface area contributed by atoms with E-state index >= 15 is 0 Å². The maximum Gasteiger partial charge on any atom is 0.187 e. The first kappa shape index (κ1) is 45.5. The molecule has 5 aliphatic heterocycles. The fraction of sp³-hybridized carbons (Fsp3) is 1.00. The lowest BCUT2D eigenvalue weighted by Crippen LogP contribution is -2.66. The lowest BCUT2D eigenvalue weighted by atomic mass is 9.44.